The largest absolute Gasteiger partial charge is 0.416 e. The number of thioether (sulfide) groups is 1. The summed E-state index contributed by atoms with van der Waals surface area (Å²) in [6.45, 7) is 4.22. The third-order valence-corrected chi connectivity index (χ3v) is 6.62. The average molecular weight is 464 g/mol. The highest BCUT2D eigenvalue weighted by atomic mass is 32.2. The van der Waals surface area contributed by atoms with E-state index in [0.29, 0.717) is 47.4 Å². The summed E-state index contributed by atoms with van der Waals surface area (Å²) in [5.74, 6) is 0.569. The number of hydrogen-bond donors (Lipinski definition) is 2. The molecule has 32 heavy (non-hydrogen) atoms. The number of fused-ring (bicyclic) bond motifs is 1. The van der Waals surface area contributed by atoms with E-state index >= 15 is 0 Å². The second-order valence-corrected chi connectivity index (χ2v) is 9.60. The molecular formula is C23H24F3N3O2S. The van der Waals surface area contributed by atoms with Gasteiger partial charge in [0.25, 0.3) is 5.56 Å². The number of alkyl halides is 3. The number of carbonyl (C=O) groups is 1. The Hall–Kier alpha value is -2.55. The second-order valence-electron chi connectivity index (χ2n) is 8.51. The highest BCUT2D eigenvalue weighted by molar-refractivity contribution is 7.99. The molecule has 5 nitrogen and oxygen atoms in total. The SMILES string of the molecule is CC(C)CCSc1nc2c(c(=O)[nH]1)[C@H](c1cccc(C(F)(F)F)c1)C1=C(CCCC1=O)N2. The summed E-state index contributed by atoms with van der Waals surface area (Å²) < 4.78 is 40.1. The molecule has 0 fully saturated rings. The van der Waals surface area contributed by atoms with Gasteiger partial charge in [-0.25, -0.2) is 4.98 Å². The van der Waals surface area contributed by atoms with Crippen LogP contribution in [0.1, 0.15) is 62.1 Å². The molecule has 1 aromatic heterocycles. The maximum atomic E-state index is 13.4. The van der Waals surface area contributed by atoms with E-state index in [-0.39, 0.29) is 16.9 Å². The number of rotatable bonds is 5. The van der Waals surface area contributed by atoms with Gasteiger partial charge in [-0.05, 0) is 36.8 Å². The van der Waals surface area contributed by atoms with E-state index in [4.69, 9.17) is 0 Å². The van der Waals surface area contributed by atoms with Gasteiger partial charge >= 0.3 is 6.18 Å². The first-order valence-corrected chi connectivity index (χ1v) is 11.6. The Bertz CT molecular complexity index is 1140. The number of nitrogens with one attached hydrogen (secondary N) is 2. The number of Topliss-reactive ketones (excluding diaryl/α,β-unsaturated/α-hetero) is 1. The van der Waals surface area contributed by atoms with Crippen LogP contribution in [0.4, 0.5) is 19.0 Å². The van der Waals surface area contributed by atoms with E-state index in [9.17, 15) is 22.8 Å². The Morgan fingerprint density at radius 2 is 2.00 bits per heavy atom. The second kappa shape index (κ2) is 8.77. The highest BCUT2D eigenvalue weighted by Crippen LogP contribution is 2.44. The van der Waals surface area contributed by atoms with Crippen LogP contribution in [0.2, 0.25) is 0 Å². The van der Waals surface area contributed by atoms with Crippen LogP contribution in [0, 0.1) is 5.92 Å². The van der Waals surface area contributed by atoms with Gasteiger partial charge in [0.1, 0.15) is 5.82 Å². The van der Waals surface area contributed by atoms with Crippen LogP contribution in [0.5, 0.6) is 0 Å². The summed E-state index contributed by atoms with van der Waals surface area (Å²) in [4.78, 5) is 33.3. The zero-order valence-corrected chi connectivity index (χ0v) is 18.6. The number of anilines is 1. The first kappa shape index (κ1) is 22.6. The number of hydrogen-bond acceptors (Lipinski definition) is 5. The molecule has 2 heterocycles. The molecule has 0 unspecified atom stereocenters. The van der Waals surface area contributed by atoms with E-state index in [2.05, 4.69) is 29.1 Å². The number of aromatic amines is 1. The number of aromatic nitrogens is 2. The van der Waals surface area contributed by atoms with E-state index in [1.54, 1.807) is 0 Å². The normalized spacial score (nSPS) is 18.4. The Labute approximate surface area is 187 Å². The summed E-state index contributed by atoms with van der Waals surface area (Å²) in [5.41, 5.74) is 0.208. The fraction of sp³-hybridized carbons (Fsp3) is 0.435. The van der Waals surface area contributed by atoms with Crippen molar-refractivity contribution < 1.29 is 18.0 Å². The zero-order valence-electron chi connectivity index (χ0n) is 17.8. The molecular weight excluding hydrogens is 439 g/mol. The molecule has 0 saturated heterocycles. The number of nitrogens with zero attached hydrogens (tertiary/aromatic N) is 1. The molecule has 2 aliphatic rings. The van der Waals surface area contributed by atoms with Crippen LogP contribution < -0.4 is 10.9 Å². The van der Waals surface area contributed by atoms with Gasteiger partial charge in [-0.3, -0.25) is 9.59 Å². The number of H-pyrrole nitrogens is 1. The highest BCUT2D eigenvalue weighted by Gasteiger charge is 2.39. The third kappa shape index (κ3) is 4.48. The van der Waals surface area contributed by atoms with Crippen molar-refractivity contribution in [1.29, 1.82) is 0 Å². The average Bonchev–Trinajstić information content (AvgIpc) is 2.72. The molecule has 9 heteroatoms. The Morgan fingerprint density at radius 3 is 2.72 bits per heavy atom. The summed E-state index contributed by atoms with van der Waals surface area (Å²) >= 11 is 1.43. The first-order valence-electron chi connectivity index (χ1n) is 10.6. The monoisotopic (exact) mass is 463 g/mol. The molecule has 0 saturated carbocycles. The molecule has 170 valence electrons. The summed E-state index contributed by atoms with van der Waals surface area (Å²) in [7, 11) is 0. The maximum Gasteiger partial charge on any atom is 0.416 e. The molecule has 1 aromatic carbocycles. The molecule has 0 amide bonds. The van der Waals surface area contributed by atoms with Gasteiger partial charge in [-0.15, -0.1) is 0 Å². The fourth-order valence-electron chi connectivity index (χ4n) is 4.13. The van der Waals surface area contributed by atoms with Gasteiger partial charge in [0.05, 0.1) is 11.1 Å². The Morgan fingerprint density at radius 1 is 1.22 bits per heavy atom. The van der Waals surface area contributed by atoms with E-state index in [1.807, 2.05) is 0 Å². The topological polar surface area (TPSA) is 74.8 Å². The van der Waals surface area contributed by atoms with Gasteiger partial charge in [0.2, 0.25) is 0 Å². The summed E-state index contributed by atoms with van der Waals surface area (Å²) in [6, 6.07) is 4.86. The van der Waals surface area contributed by atoms with Crippen molar-refractivity contribution in [2.75, 3.05) is 11.1 Å². The van der Waals surface area contributed by atoms with Crippen molar-refractivity contribution in [3.63, 3.8) is 0 Å². The maximum absolute atomic E-state index is 13.4. The Balaban J connectivity index is 1.83. The summed E-state index contributed by atoms with van der Waals surface area (Å²) in [5, 5.41) is 3.60. The van der Waals surface area contributed by atoms with Crippen LogP contribution in [0.3, 0.4) is 0 Å². The minimum atomic E-state index is -4.53. The lowest BCUT2D eigenvalue weighted by Crippen LogP contribution is -2.32. The lowest BCUT2D eigenvalue weighted by Gasteiger charge is -2.33. The van der Waals surface area contributed by atoms with Crippen molar-refractivity contribution in [3.05, 3.63) is 62.6 Å². The van der Waals surface area contributed by atoms with Crippen LogP contribution in [-0.2, 0) is 11.0 Å². The predicted molar refractivity (Wildman–Crippen MR) is 118 cm³/mol. The minimum absolute atomic E-state index is 0.151. The van der Waals surface area contributed by atoms with Gasteiger partial charge in [-0.1, -0.05) is 43.8 Å². The molecule has 2 N–H and O–H groups in total. The molecule has 0 radical (unpaired) electrons. The van der Waals surface area contributed by atoms with E-state index in [1.165, 1.54) is 23.9 Å². The molecule has 4 rings (SSSR count). The summed E-state index contributed by atoms with van der Waals surface area (Å²) in [6.07, 6.45) is -2.04. The minimum Gasteiger partial charge on any atom is -0.343 e. The van der Waals surface area contributed by atoms with Gasteiger partial charge in [-0.2, -0.15) is 13.2 Å². The van der Waals surface area contributed by atoms with Crippen molar-refractivity contribution >= 4 is 23.4 Å². The third-order valence-electron chi connectivity index (χ3n) is 5.72. The molecule has 1 aliphatic carbocycles. The van der Waals surface area contributed by atoms with Crippen LogP contribution in [-0.4, -0.2) is 21.5 Å². The molecule has 0 spiro atoms. The van der Waals surface area contributed by atoms with Crippen molar-refractivity contribution in [1.82, 2.24) is 9.97 Å². The zero-order chi connectivity index (χ0) is 23.0. The quantitative estimate of drug-likeness (QED) is 0.453. The number of halogens is 3. The van der Waals surface area contributed by atoms with Gasteiger partial charge < -0.3 is 10.3 Å². The van der Waals surface area contributed by atoms with Crippen LogP contribution in [0.15, 0.2) is 45.5 Å². The number of carbonyl (C=O) groups excluding carboxylic acids is 1. The fourth-order valence-corrected chi connectivity index (χ4v) is 5.23. The lowest BCUT2D eigenvalue weighted by molar-refractivity contribution is -0.137. The van der Waals surface area contributed by atoms with Crippen LogP contribution >= 0.6 is 11.8 Å². The standard InChI is InChI=1S/C23H24F3N3O2S/c1-12(2)9-10-32-22-28-20-19(21(31)29-22)17(18-15(27-20)7-4-8-16(18)30)13-5-3-6-14(11-13)23(24,25)26/h3,5-6,11-12,17H,4,7-10H2,1-2H3,(H2,27,28,29,31)/t17-/m1/s1. The van der Waals surface area contributed by atoms with Crippen molar-refractivity contribution in [2.24, 2.45) is 5.92 Å². The smallest absolute Gasteiger partial charge is 0.343 e. The first-order chi connectivity index (χ1) is 15.1. The van der Waals surface area contributed by atoms with E-state index in [0.717, 1.165) is 24.3 Å². The number of benzene rings is 1. The van der Waals surface area contributed by atoms with Gasteiger partial charge in [0, 0.05) is 29.4 Å². The molecule has 2 aromatic rings. The van der Waals surface area contributed by atoms with Crippen molar-refractivity contribution in [2.45, 2.75) is 56.8 Å². The van der Waals surface area contributed by atoms with E-state index < -0.39 is 23.2 Å². The molecule has 1 atom stereocenters. The number of ketones is 1. The van der Waals surface area contributed by atoms with Crippen molar-refractivity contribution in [3.8, 4) is 0 Å². The molecule has 0 bridgehead atoms. The van der Waals surface area contributed by atoms with Gasteiger partial charge in [0.15, 0.2) is 10.9 Å². The predicted octanol–water partition coefficient (Wildman–Crippen LogP) is 5.49. The Kier molecular flexibility index (Phi) is 6.20. The number of allylic oxidation sites excluding steroid dienone is 2. The van der Waals surface area contributed by atoms with Crippen LogP contribution in [0.25, 0.3) is 0 Å². The molecule has 1 aliphatic heterocycles. The lowest BCUT2D eigenvalue weighted by atomic mass is 9.76.